The second kappa shape index (κ2) is 6.21. The van der Waals surface area contributed by atoms with Crippen LogP contribution in [-0.4, -0.2) is 8.42 Å². The molecule has 9 heteroatoms. The molecule has 0 bridgehead atoms. The van der Waals surface area contributed by atoms with Crippen LogP contribution in [0.5, 0.6) is 0 Å². The molecule has 0 fully saturated rings. The van der Waals surface area contributed by atoms with Crippen LogP contribution in [0.3, 0.4) is 0 Å². The third kappa shape index (κ3) is 3.29. The van der Waals surface area contributed by atoms with Crippen LogP contribution in [0.1, 0.15) is 4.88 Å². The van der Waals surface area contributed by atoms with Gasteiger partial charge in [-0.15, -0.1) is 11.3 Å². The summed E-state index contributed by atoms with van der Waals surface area (Å²) in [5.74, 6) is 0. The molecular weight excluding hydrogens is 407 g/mol. The molecule has 4 nitrogen and oxygen atoms in total. The molecule has 108 valence electrons. The molecule has 20 heavy (non-hydrogen) atoms. The van der Waals surface area contributed by atoms with Gasteiger partial charge in [0.05, 0.1) is 15.7 Å². The standard InChI is InChI=1S/C11H9BrCl2N2O2S2/c12-6-3-7(13)11(8(14)4-6)16-20(17,18)10-1-2-19-9(10)5-15/h1-4,16H,5,15H2. The maximum Gasteiger partial charge on any atom is 0.263 e. The predicted octanol–water partition coefficient (Wildman–Crippen LogP) is 4.08. The topological polar surface area (TPSA) is 72.2 Å². The van der Waals surface area contributed by atoms with E-state index in [2.05, 4.69) is 20.7 Å². The van der Waals surface area contributed by atoms with E-state index in [0.717, 1.165) is 0 Å². The molecule has 1 heterocycles. The molecule has 3 N–H and O–H groups in total. The molecule has 0 aliphatic heterocycles. The Balaban J connectivity index is 2.44. The number of sulfonamides is 1. The summed E-state index contributed by atoms with van der Waals surface area (Å²) in [6.45, 7) is 0.149. The highest BCUT2D eigenvalue weighted by Gasteiger charge is 2.21. The van der Waals surface area contributed by atoms with Crippen molar-refractivity contribution in [2.45, 2.75) is 11.4 Å². The van der Waals surface area contributed by atoms with Gasteiger partial charge in [-0.1, -0.05) is 39.1 Å². The van der Waals surface area contributed by atoms with E-state index in [9.17, 15) is 8.42 Å². The maximum atomic E-state index is 12.3. The minimum atomic E-state index is -3.77. The van der Waals surface area contributed by atoms with E-state index in [4.69, 9.17) is 28.9 Å². The largest absolute Gasteiger partial charge is 0.326 e. The molecule has 0 amide bonds. The summed E-state index contributed by atoms with van der Waals surface area (Å²) in [5.41, 5.74) is 5.67. The summed E-state index contributed by atoms with van der Waals surface area (Å²) >= 11 is 16.5. The van der Waals surface area contributed by atoms with Crippen LogP contribution < -0.4 is 10.5 Å². The fourth-order valence-corrected chi connectivity index (χ4v) is 5.40. The Kier molecular flexibility index (Phi) is 4.99. The Bertz CT molecular complexity index is 724. The van der Waals surface area contributed by atoms with E-state index in [1.807, 2.05) is 0 Å². The summed E-state index contributed by atoms with van der Waals surface area (Å²) in [5, 5.41) is 2.08. The van der Waals surface area contributed by atoms with E-state index in [1.165, 1.54) is 17.4 Å². The van der Waals surface area contributed by atoms with Crippen molar-refractivity contribution in [3.05, 3.63) is 43.0 Å². The van der Waals surface area contributed by atoms with Crippen molar-refractivity contribution in [1.29, 1.82) is 0 Å². The minimum Gasteiger partial charge on any atom is -0.326 e. The Hall–Kier alpha value is -0.310. The third-order valence-corrected chi connectivity index (χ3v) is 5.98. The fraction of sp³-hybridized carbons (Fsp3) is 0.0909. The molecule has 0 aliphatic carbocycles. The SMILES string of the molecule is NCc1sccc1S(=O)(=O)Nc1c(Cl)cc(Br)cc1Cl. The summed E-state index contributed by atoms with van der Waals surface area (Å²) < 4.78 is 27.7. The van der Waals surface area contributed by atoms with Crippen molar-refractivity contribution in [3.8, 4) is 0 Å². The fourth-order valence-electron chi connectivity index (χ4n) is 1.55. The molecule has 0 aliphatic rings. The van der Waals surface area contributed by atoms with Crippen molar-refractivity contribution in [2.75, 3.05) is 4.72 Å². The molecule has 2 rings (SSSR count). The van der Waals surface area contributed by atoms with Gasteiger partial charge in [-0.25, -0.2) is 8.42 Å². The molecule has 1 aromatic carbocycles. The number of thiophene rings is 1. The van der Waals surface area contributed by atoms with Crippen LogP contribution >= 0.6 is 50.5 Å². The zero-order valence-electron chi connectivity index (χ0n) is 9.86. The molecule has 0 radical (unpaired) electrons. The van der Waals surface area contributed by atoms with Crippen molar-refractivity contribution >= 4 is 66.2 Å². The van der Waals surface area contributed by atoms with Gasteiger partial charge in [0.1, 0.15) is 4.90 Å². The molecule has 0 spiro atoms. The first kappa shape index (κ1) is 16.1. The van der Waals surface area contributed by atoms with Gasteiger partial charge in [0, 0.05) is 15.9 Å². The van der Waals surface area contributed by atoms with Gasteiger partial charge in [-0.05, 0) is 23.6 Å². The lowest BCUT2D eigenvalue weighted by molar-refractivity contribution is 0.600. The number of rotatable bonds is 4. The number of anilines is 1. The molecule has 0 unspecified atom stereocenters. The molecule has 2 aromatic rings. The Morgan fingerprint density at radius 3 is 2.45 bits per heavy atom. The third-order valence-electron chi connectivity index (χ3n) is 2.42. The molecule has 1 aromatic heterocycles. The van der Waals surface area contributed by atoms with Crippen LogP contribution in [0.4, 0.5) is 5.69 Å². The predicted molar refractivity (Wildman–Crippen MR) is 87.2 cm³/mol. The average molecular weight is 416 g/mol. The Labute approximate surface area is 139 Å². The number of benzene rings is 1. The zero-order chi connectivity index (χ0) is 14.9. The molecule has 0 atom stereocenters. The van der Waals surface area contributed by atoms with Crippen LogP contribution in [0, 0.1) is 0 Å². The normalized spacial score (nSPS) is 11.6. The molecular formula is C11H9BrCl2N2O2S2. The summed E-state index contributed by atoms with van der Waals surface area (Å²) in [6, 6.07) is 4.61. The van der Waals surface area contributed by atoms with Crippen LogP contribution in [0.25, 0.3) is 0 Å². The summed E-state index contributed by atoms with van der Waals surface area (Å²) in [4.78, 5) is 0.710. The molecule has 0 saturated heterocycles. The highest BCUT2D eigenvalue weighted by molar-refractivity contribution is 9.10. The number of halogens is 3. The van der Waals surface area contributed by atoms with Crippen molar-refractivity contribution in [2.24, 2.45) is 5.73 Å². The van der Waals surface area contributed by atoms with Gasteiger partial charge in [0.25, 0.3) is 10.0 Å². The minimum absolute atomic E-state index is 0.139. The summed E-state index contributed by atoms with van der Waals surface area (Å²) in [7, 11) is -3.77. The van der Waals surface area contributed by atoms with E-state index in [1.54, 1.807) is 17.5 Å². The van der Waals surface area contributed by atoms with Crippen molar-refractivity contribution in [1.82, 2.24) is 0 Å². The van der Waals surface area contributed by atoms with Gasteiger partial charge in [-0.2, -0.15) is 0 Å². The number of hydrogen-bond acceptors (Lipinski definition) is 4. The van der Waals surface area contributed by atoms with Crippen molar-refractivity contribution < 1.29 is 8.42 Å². The number of hydrogen-bond donors (Lipinski definition) is 2. The highest BCUT2D eigenvalue weighted by Crippen LogP contribution is 2.35. The monoisotopic (exact) mass is 414 g/mol. The Morgan fingerprint density at radius 1 is 1.30 bits per heavy atom. The number of nitrogens with two attached hydrogens (primary N) is 1. The first-order valence-corrected chi connectivity index (χ1v) is 9.20. The smallest absolute Gasteiger partial charge is 0.263 e. The van der Waals surface area contributed by atoms with Gasteiger partial charge in [-0.3, -0.25) is 4.72 Å². The lowest BCUT2D eigenvalue weighted by Gasteiger charge is -2.12. The highest BCUT2D eigenvalue weighted by atomic mass is 79.9. The lowest BCUT2D eigenvalue weighted by Crippen LogP contribution is -2.15. The second-order valence-electron chi connectivity index (χ2n) is 3.76. The van der Waals surface area contributed by atoms with E-state index in [0.29, 0.717) is 9.35 Å². The average Bonchev–Trinajstić information content (AvgIpc) is 2.83. The van der Waals surface area contributed by atoms with Gasteiger partial charge < -0.3 is 5.73 Å². The second-order valence-corrected chi connectivity index (χ2v) is 8.14. The van der Waals surface area contributed by atoms with Gasteiger partial charge in [0.15, 0.2) is 0 Å². The number of nitrogens with one attached hydrogen (secondary N) is 1. The van der Waals surface area contributed by atoms with Gasteiger partial charge >= 0.3 is 0 Å². The zero-order valence-corrected chi connectivity index (χ0v) is 14.6. The maximum absolute atomic E-state index is 12.3. The first-order valence-electron chi connectivity index (χ1n) is 5.29. The van der Waals surface area contributed by atoms with Crippen molar-refractivity contribution in [3.63, 3.8) is 0 Å². The lowest BCUT2D eigenvalue weighted by atomic mass is 10.3. The van der Waals surface area contributed by atoms with Crippen LogP contribution in [0.2, 0.25) is 10.0 Å². The van der Waals surface area contributed by atoms with Crippen LogP contribution in [-0.2, 0) is 16.6 Å². The quantitative estimate of drug-likeness (QED) is 0.790. The van der Waals surface area contributed by atoms with Gasteiger partial charge in [0.2, 0.25) is 0 Å². The van der Waals surface area contributed by atoms with E-state index < -0.39 is 10.0 Å². The molecule has 0 saturated carbocycles. The Morgan fingerprint density at radius 2 is 1.90 bits per heavy atom. The van der Waals surface area contributed by atoms with Crippen LogP contribution in [0.15, 0.2) is 32.9 Å². The van der Waals surface area contributed by atoms with E-state index in [-0.39, 0.29) is 27.2 Å². The van der Waals surface area contributed by atoms with E-state index >= 15 is 0 Å². The first-order chi connectivity index (χ1) is 9.35. The summed E-state index contributed by atoms with van der Waals surface area (Å²) in [6.07, 6.45) is 0.